The normalized spacial score (nSPS) is 22.7. The van der Waals surface area contributed by atoms with Crippen LogP contribution in [0.25, 0.3) is 0 Å². The standard InChI is InChI=1S/C14H17N3O5S/c1-3-9-8-14(9,16-13(19)20)12(18)17-23(21,22)11-7-5-4-6-10(11)15-2/h3-7,9,15-16H,1,8H2,2H3,(H,17,18)(H,19,20)/t9-,14-/m1/s1. The third-order valence-electron chi connectivity index (χ3n) is 3.71. The van der Waals surface area contributed by atoms with Crippen LogP contribution < -0.4 is 15.4 Å². The fourth-order valence-electron chi connectivity index (χ4n) is 2.40. The van der Waals surface area contributed by atoms with Crippen molar-refractivity contribution in [3.05, 3.63) is 36.9 Å². The predicted molar refractivity (Wildman–Crippen MR) is 83.5 cm³/mol. The largest absolute Gasteiger partial charge is 0.465 e. The summed E-state index contributed by atoms with van der Waals surface area (Å²) in [5.74, 6) is -1.37. The average Bonchev–Trinajstić information content (AvgIpc) is 3.20. The Morgan fingerprint density at radius 2 is 2.04 bits per heavy atom. The number of hydrogen-bond donors (Lipinski definition) is 4. The number of hydrogen-bond acceptors (Lipinski definition) is 5. The van der Waals surface area contributed by atoms with E-state index in [1.807, 2.05) is 4.72 Å². The van der Waals surface area contributed by atoms with Gasteiger partial charge in [-0.2, -0.15) is 0 Å². The lowest BCUT2D eigenvalue weighted by Gasteiger charge is -2.17. The smallest absolute Gasteiger partial charge is 0.405 e. The predicted octanol–water partition coefficient (Wildman–Crippen LogP) is 0.745. The summed E-state index contributed by atoms with van der Waals surface area (Å²) >= 11 is 0. The Balaban J connectivity index is 2.28. The van der Waals surface area contributed by atoms with Gasteiger partial charge in [0, 0.05) is 13.0 Å². The van der Waals surface area contributed by atoms with Crippen molar-refractivity contribution < 1.29 is 23.1 Å². The summed E-state index contributed by atoms with van der Waals surface area (Å²) in [6, 6.07) is 6.06. The Kier molecular flexibility index (Phi) is 4.33. The van der Waals surface area contributed by atoms with Gasteiger partial charge in [0.1, 0.15) is 10.4 Å². The van der Waals surface area contributed by atoms with Crippen LogP contribution >= 0.6 is 0 Å². The molecule has 0 bridgehead atoms. The fourth-order valence-corrected chi connectivity index (χ4v) is 3.65. The van der Waals surface area contributed by atoms with E-state index in [0.29, 0.717) is 5.69 Å². The number of para-hydroxylation sites is 1. The quantitative estimate of drug-likeness (QED) is 0.567. The topological polar surface area (TPSA) is 125 Å². The van der Waals surface area contributed by atoms with Gasteiger partial charge in [0.2, 0.25) is 0 Å². The molecule has 1 fully saturated rings. The Bertz CT molecular complexity index is 761. The molecule has 2 rings (SSSR count). The zero-order valence-corrected chi connectivity index (χ0v) is 13.2. The molecule has 2 amide bonds. The van der Waals surface area contributed by atoms with Gasteiger partial charge < -0.3 is 15.7 Å². The molecule has 23 heavy (non-hydrogen) atoms. The lowest BCUT2D eigenvalue weighted by molar-refractivity contribution is -0.122. The number of carbonyl (C=O) groups excluding carboxylic acids is 1. The maximum absolute atomic E-state index is 12.4. The minimum absolute atomic E-state index is 0.0999. The first-order valence-corrected chi connectivity index (χ1v) is 8.23. The van der Waals surface area contributed by atoms with Crippen LogP contribution in [0.4, 0.5) is 10.5 Å². The number of rotatable bonds is 6. The minimum Gasteiger partial charge on any atom is -0.465 e. The van der Waals surface area contributed by atoms with Gasteiger partial charge in [0.15, 0.2) is 0 Å². The molecule has 0 spiro atoms. The van der Waals surface area contributed by atoms with E-state index in [0.717, 1.165) is 0 Å². The van der Waals surface area contributed by atoms with E-state index < -0.39 is 33.5 Å². The van der Waals surface area contributed by atoms with E-state index in [1.165, 1.54) is 18.2 Å². The molecule has 1 aromatic carbocycles. The number of carbonyl (C=O) groups is 2. The van der Waals surface area contributed by atoms with Crippen molar-refractivity contribution in [3.8, 4) is 0 Å². The number of benzene rings is 1. The zero-order valence-electron chi connectivity index (χ0n) is 12.4. The molecule has 1 aliphatic rings. The number of carboxylic acid groups (broad SMARTS) is 1. The van der Waals surface area contributed by atoms with Crippen LogP contribution in [0.1, 0.15) is 6.42 Å². The van der Waals surface area contributed by atoms with Crippen LogP contribution in [-0.2, 0) is 14.8 Å². The van der Waals surface area contributed by atoms with Gasteiger partial charge in [-0.05, 0) is 18.6 Å². The summed E-state index contributed by atoms with van der Waals surface area (Å²) in [5, 5.41) is 13.7. The Labute approximate surface area is 133 Å². The molecule has 1 aliphatic carbocycles. The molecule has 2 atom stereocenters. The summed E-state index contributed by atoms with van der Waals surface area (Å²) in [6.45, 7) is 3.52. The van der Waals surface area contributed by atoms with E-state index in [1.54, 1.807) is 19.2 Å². The van der Waals surface area contributed by atoms with Crippen molar-refractivity contribution in [1.29, 1.82) is 0 Å². The summed E-state index contributed by atoms with van der Waals surface area (Å²) in [6.07, 6.45) is 0.180. The van der Waals surface area contributed by atoms with Gasteiger partial charge in [0.05, 0.1) is 5.69 Å². The molecule has 124 valence electrons. The SMILES string of the molecule is C=C[C@@H]1C[C@]1(NC(=O)O)C(=O)NS(=O)(=O)c1ccccc1NC. The summed E-state index contributed by atoms with van der Waals surface area (Å²) in [4.78, 5) is 23.1. The third kappa shape index (κ3) is 3.14. The molecule has 1 saturated carbocycles. The second kappa shape index (κ2) is 5.92. The van der Waals surface area contributed by atoms with Gasteiger partial charge in [-0.25, -0.2) is 17.9 Å². The Hall–Kier alpha value is -2.55. The first kappa shape index (κ1) is 16.8. The van der Waals surface area contributed by atoms with Gasteiger partial charge >= 0.3 is 6.09 Å². The minimum atomic E-state index is -4.14. The van der Waals surface area contributed by atoms with E-state index in [-0.39, 0.29) is 11.3 Å². The zero-order chi connectivity index (χ0) is 17.3. The molecule has 0 heterocycles. The Morgan fingerprint density at radius 1 is 1.39 bits per heavy atom. The van der Waals surface area contributed by atoms with Crippen molar-refractivity contribution in [2.45, 2.75) is 16.9 Å². The molecule has 0 radical (unpaired) electrons. The first-order valence-electron chi connectivity index (χ1n) is 6.74. The van der Waals surface area contributed by atoms with Gasteiger partial charge in [-0.3, -0.25) is 4.79 Å². The molecule has 8 nitrogen and oxygen atoms in total. The van der Waals surface area contributed by atoms with Crippen LogP contribution in [0.2, 0.25) is 0 Å². The van der Waals surface area contributed by atoms with Gasteiger partial charge in [0.25, 0.3) is 15.9 Å². The summed E-state index contributed by atoms with van der Waals surface area (Å²) in [5.41, 5.74) is -1.17. The first-order chi connectivity index (χ1) is 10.8. The van der Waals surface area contributed by atoms with Gasteiger partial charge in [-0.1, -0.05) is 18.2 Å². The fraction of sp³-hybridized carbons (Fsp3) is 0.286. The molecule has 4 N–H and O–H groups in total. The monoisotopic (exact) mass is 339 g/mol. The van der Waals surface area contributed by atoms with Crippen molar-refractivity contribution in [2.75, 3.05) is 12.4 Å². The molecule has 0 saturated heterocycles. The van der Waals surface area contributed by atoms with Gasteiger partial charge in [-0.15, -0.1) is 6.58 Å². The molecular formula is C14H17N3O5S. The van der Waals surface area contributed by atoms with Crippen molar-refractivity contribution >= 4 is 27.7 Å². The number of sulfonamides is 1. The molecular weight excluding hydrogens is 322 g/mol. The van der Waals surface area contributed by atoms with Crippen LogP contribution in [0.15, 0.2) is 41.8 Å². The van der Waals surface area contributed by atoms with Crippen LogP contribution in [0, 0.1) is 5.92 Å². The van der Waals surface area contributed by atoms with E-state index >= 15 is 0 Å². The highest BCUT2D eigenvalue weighted by Gasteiger charge is 2.60. The summed E-state index contributed by atoms with van der Waals surface area (Å²) in [7, 11) is -2.59. The molecule has 1 aromatic rings. The maximum Gasteiger partial charge on any atom is 0.405 e. The molecule has 0 aromatic heterocycles. The lowest BCUT2D eigenvalue weighted by Crippen LogP contribution is -2.51. The average molecular weight is 339 g/mol. The highest BCUT2D eigenvalue weighted by molar-refractivity contribution is 7.90. The van der Waals surface area contributed by atoms with Crippen LogP contribution in [0.5, 0.6) is 0 Å². The number of anilines is 1. The highest BCUT2D eigenvalue weighted by atomic mass is 32.2. The second-order valence-corrected chi connectivity index (χ2v) is 6.78. The summed E-state index contributed by atoms with van der Waals surface area (Å²) < 4.78 is 26.7. The highest BCUT2D eigenvalue weighted by Crippen LogP contribution is 2.44. The van der Waals surface area contributed by atoms with Crippen molar-refractivity contribution in [2.24, 2.45) is 5.92 Å². The molecule has 9 heteroatoms. The Morgan fingerprint density at radius 3 is 2.57 bits per heavy atom. The van der Waals surface area contributed by atoms with E-state index in [2.05, 4.69) is 17.2 Å². The van der Waals surface area contributed by atoms with Crippen molar-refractivity contribution in [1.82, 2.24) is 10.0 Å². The lowest BCUT2D eigenvalue weighted by atomic mass is 10.2. The van der Waals surface area contributed by atoms with Crippen LogP contribution in [-0.4, -0.2) is 38.1 Å². The van der Waals surface area contributed by atoms with Crippen LogP contribution in [0.3, 0.4) is 0 Å². The maximum atomic E-state index is 12.4. The number of amides is 2. The van der Waals surface area contributed by atoms with E-state index in [9.17, 15) is 18.0 Å². The molecule has 0 aliphatic heterocycles. The number of nitrogens with one attached hydrogen (secondary N) is 3. The third-order valence-corrected chi connectivity index (χ3v) is 5.10. The second-order valence-electron chi connectivity index (χ2n) is 5.13. The van der Waals surface area contributed by atoms with E-state index in [4.69, 9.17) is 5.11 Å². The van der Waals surface area contributed by atoms with Crippen molar-refractivity contribution in [3.63, 3.8) is 0 Å². The molecule has 0 unspecified atom stereocenters.